The topological polar surface area (TPSA) is 61.0 Å². The second-order valence-electron chi connectivity index (χ2n) is 8.28. The maximum atomic E-state index is 12.8. The van der Waals surface area contributed by atoms with Gasteiger partial charge in [-0.2, -0.15) is 0 Å². The highest BCUT2D eigenvalue weighted by atomic mass is 32.1. The Hall–Kier alpha value is -2.96. The molecule has 0 atom stereocenters. The first-order valence-corrected chi connectivity index (χ1v) is 11.6. The Morgan fingerprint density at radius 1 is 1.13 bits per heavy atom. The molecule has 0 radical (unpaired) electrons. The summed E-state index contributed by atoms with van der Waals surface area (Å²) in [6.45, 7) is 5.06. The van der Waals surface area contributed by atoms with Crippen molar-refractivity contribution in [3.8, 4) is 10.7 Å². The molecule has 5 rings (SSSR count). The van der Waals surface area contributed by atoms with Crippen LogP contribution in [0.2, 0.25) is 0 Å². The number of aryl methyl sites for hydroxylation is 1. The van der Waals surface area contributed by atoms with Crippen LogP contribution in [0.3, 0.4) is 0 Å². The summed E-state index contributed by atoms with van der Waals surface area (Å²) in [5.41, 5.74) is 4.51. The number of amides is 1. The van der Waals surface area contributed by atoms with Gasteiger partial charge in [-0.3, -0.25) is 9.69 Å². The number of fused-ring (bicyclic) bond motifs is 1. The van der Waals surface area contributed by atoms with E-state index in [0.29, 0.717) is 0 Å². The zero-order valence-electron chi connectivity index (χ0n) is 17.6. The number of likely N-dealkylation sites (tertiary alicyclic amines) is 1. The quantitative estimate of drug-likeness (QED) is 0.469. The van der Waals surface area contributed by atoms with Crippen LogP contribution >= 0.6 is 11.3 Å². The number of carbonyl (C=O) groups is 1. The standard InChI is InChI=1S/C25H26N4OS/c1-17-7-8-20-21(15-17)28-24(27-20)22-9-10-23(31-22)25(30)26-19-11-13-29(14-12-19)16-18-5-3-2-4-6-18/h2-10,15,19H,11-14,16H2,1H3,(H,26,30)(H,27,28). The third-order valence-corrected chi connectivity index (χ3v) is 6.96. The number of hydrogen-bond donors (Lipinski definition) is 2. The van der Waals surface area contributed by atoms with Gasteiger partial charge < -0.3 is 10.3 Å². The SMILES string of the molecule is Cc1ccc2nc(-c3ccc(C(=O)NC4CCN(Cc5ccccc5)CC4)s3)[nH]c2c1. The summed E-state index contributed by atoms with van der Waals surface area (Å²) in [6.07, 6.45) is 1.97. The van der Waals surface area contributed by atoms with Crippen LogP contribution in [0.15, 0.2) is 60.7 Å². The van der Waals surface area contributed by atoms with E-state index in [4.69, 9.17) is 0 Å². The van der Waals surface area contributed by atoms with Crippen LogP contribution in [-0.2, 0) is 6.54 Å². The first-order chi connectivity index (χ1) is 15.1. The molecular formula is C25H26N4OS. The second-order valence-corrected chi connectivity index (χ2v) is 9.36. The van der Waals surface area contributed by atoms with Crippen molar-refractivity contribution >= 4 is 28.3 Å². The third kappa shape index (κ3) is 4.55. The van der Waals surface area contributed by atoms with Crippen LogP contribution in [0, 0.1) is 6.92 Å². The number of hydrogen-bond acceptors (Lipinski definition) is 4. The average Bonchev–Trinajstić information content (AvgIpc) is 3.43. The Bertz CT molecular complexity index is 1190. The summed E-state index contributed by atoms with van der Waals surface area (Å²) < 4.78 is 0. The van der Waals surface area contributed by atoms with Gasteiger partial charge >= 0.3 is 0 Å². The molecule has 1 aliphatic heterocycles. The van der Waals surface area contributed by atoms with E-state index >= 15 is 0 Å². The van der Waals surface area contributed by atoms with Crippen LogP contribution in [0.25, 0.3) is 21.7 Å². The van der Waals surface area contributed by atoms with Crippen LogP contribution in [-0.4, -0.2) is 39.9 Å². The lowest BCUT2D eigenvalue weighted by Crippen LogP contribution is -2.44. The number of H-pyrrole nitrogens is 1. The molecule has 31 heavy (non-hydrogen) atoms. The number of piperidine rings is 1. The molecule has 0 saturated carbocycles. The summed E-state index contributed by atoms with van der Waals surface area (Å²) in [7, 11) is 0. The predicted octanol–water partition coefficient (Wildman–Crippen LogP) is 4.99. The van der Waals surface area contributed by atoms with E-state index < -0.39 is 0 Å². The summed E-state index contributed by atoms with van der Waals surface area (Å²) >= 11 is 1.49. The second kappa shape index (κ2) is 8.65. The lowest BCUT2D eigenvalue weighted by atomic mass is 10.0. The van der Waals surface area contributed by atoms with Crippen LogP contribution in [0.1, 0.15) is 33.6 Å². The number of nitrogens with one attached hydrogen (secondary N) is 2. The molecule has 1 aliphatic rings. The van der Waals surface area contributed by atoms with E-state index in [-0.39, 0.29) is 11.9 Å². The van der Waals surface area contributed by atoms with Crippen molar-refractivity contribution in [1.82, 2.24) is 20.2 Å². The Labute approximate surface area is 186 Å². The minimum atomic E-state index is 0.0183. The van der Waals surface area contributed by atoms with Crippen LogP contribution in [0.5, 0.6) is 0 Å². The van der Waals surface area contributed by atoms with Gasteiger partial charge in [0.25, 0.3) is 5.91 Å². The Balaban J connectivity index is 1.18. The highest BCUT2D eigenvalue weighted by molar-refractivity contribution is 7.17. The summed E-state index contributed by atoms with van der Waals surface area (Å²) in [4.78, 5) is 25.0. The lowest BCUT2D eigenvalue weighted by Gasteiger charge is -2.32. The molecular weight excluding hydrogens is 404 g/mol. The third-order valence-electron chi connectivity index (χ3n) is 5.87. The Morgan fingerprint density at radius 2 is 1.94 bits per heavy atom. The first kappa shape index (κ1) is 20.0. The first-order valence-electron chi connectivity index (χ1n) is 10.8. The van der Waals surface area contributed by atoms with Crippen LogP contribution < -0.4 is 5.32 Å². The number of aromatic amines is 1. The number of carbonyl (C=O) groups excluding carboxylic acids is 1. The van der Waals surface area contributed by atoms with Gasteiger partial charge in [-0.05, 0) is 55.2 Å². The number of rotatable bonds is 5. The van der Waals surface area contributed by atoms with Gasteiger partial charge in [-0.1, -0.05) is 36.4 Å². The van der Waals surface area contributed by atoms with Gasteiger partial charge in [0.05, 0.1) is 20.8 Å². The molecule has 0 aliphatic carbocycles. The van der Waals surface area contributed by atoms with Gasteiger partial charge in [-0.25, -0.2) is 4.98 Å². The smallest absolute Gasteiger partial charge is 0.261 e. The van der Waals surface area contributed by atoms with Gasteiger partial charge in [0.1, 0.15) is 5.82 Å². The van der Waals surface area contributed by atoms with Gasteiger partial charge in [0.2, 0.25) is 0 Å². The Morgan fingerprint density at radius 3 is 2.74 bits per heavy atom. The molecule has 2 aromatic carbocycles. The van der Waals surface area contributed by atoms with Crippen molar-refractivity contribution in [2.24, 2.45) is 0 Å². The number of thiophene rings is 1. The monoisotopic (exact) mass is 430 g/mol. The number of imidazole rings is 1. The summed E-state index contributed by atoms with van der Waals surface area (Å²) in [6, 6.07) is 20.9. The van der Waals surface area contributed by atoms with Gasteiger partial charge in [-0.15, -0.1) is 11.3 Å². The number of nitrogens with zero attached hydrogens (tertiary/aromatic N) is 2. The van der Waals surface area contributed by atoms with E-state index in [1.165, 1.54) is 22.5 Å². The van der Waals surface area contributed by atoms with E-state index in [1.807, 2.05) is 18.2 Å². The van der Waals surface area contributed by atoms with Crippen molar-refractivity contribution in [3.05, 3.63) is 76.7 Å². The maximum absolute atomic E-state index is 12.8. The van der Waals surface area contributed by atoms with Crippen molar-refractivity contribution in [3.63, 3.8) is 0 Å². The zero-order chi connectivity index (χ0) is 21.2. The molecule has 3 heterocycles. The van der Waals surface area contributed by atoms with Crippen molar-refractivity contribution in [2.45, 2.75) is 32.4 Å². The Kier molecular flexibility index (Phi) is 5.57. The van der Waals surface area contributed by atoms with Gasteiger partial charge in [0.15, 0.2) is 0 Å². The van der Waals surface area contributed by atoms with E-state index in [1.54, 1.807) is 0 Å². The minimum Gasteiger partial charge on any atom is -0.349 e. The maximum Gasteiger partial charge on any atom is 0.261 e. The molecule has 6 heteroatoms. The van der Waals surface area contributed by atoms with E-state index in [0.717, 1.165) is 59.1 Å². The van der Waals surface area contributed by atoms with Crippen molar-refractivity contribution in [2.75, 3.05) is 13.1 Å². The van der Waals surface area contributed by atoms with Gasteiger partial charge in [0, 0.05) is 25.7 Å². The molecule has 1 amide bonds. The average molecular weight is 431 g/mol. The van der Waals surface area contributed by atoms with Crippen molar-refractivity contribution < 1.29 is 4.79 Å². The summed E-state index contributed by atoms with van der Waals surface area (Å²) in [5.74, 6) is 0.837. The lowest BCUT2D eigenvalue weighted by molar-refractivity contribution is 0.0913. The highest BCUT2D eigenvalue weighted by Gasteiger charge is 2.22. The highest BCUT2D eigenvalue weighted by Crippen LogP contribution is 2.28. The molecule has 4 aromatic rings. The molecule has 0 bridgehead atoms. The molecule has 0 unspecified atom stereocenters. The number of aromatic nitrogens is 2. The van der Waals surface area contributed by atoms with E-state index in [9.17, 15) is 4.79 Å². The summed E-state index contributed by atoms with van der Waals surface area (Å²) in [5, 5.41) is 3.23. The molecule has 0 spiro atoms. The van der Waals surface area contributed by atoms with Crippen LogP contribution in [0.4, 0.5) is 0 Å². The largest absolute Gasteiger partial charge is 0.349 e. The minimum absolute atomic E-state index is 0.0183. The molecule has 1 saturated heterocycles. The normalized spacial score (nSPS) is 15.4. The van der Waals surface area contributed by atoms with Crippen molar-refractivity contribution in [1.29, 1.82) is 0 Å². The molecule has 1 fully saturated rings. The fourth-order valence-electron chi connectivity index (χ4n) is 4.16. The molecule has 5 nitrogen and oxygen atoms in total. The fourth-order valence-corrected chi connectivity index (χ4v) is 5.01. The molecule has 2 N–H and O–H groups in total. The predicted molar refractivity (Wildman–Crippen MR) is 126 cm³/mol. The molecule has 2 aromatic heterocycles. The van der Waals surface area contributed by atoms with E-state index in [2.05, 4.69) is 69.6 Å². The number of benzene rings is 2. The molecule has 158 valence electrons. The zero-order valence-corrected chi connectivity index (χ0v) is 18.4. The fraction of sp³-hybridized carbons (Fsp3) is 0.280.